The zero-order valence-electron chi connectivity index (χ0n) is 20.1. The number of carbonyl (C=O) groups is 1. The van der Waals surface area contributed by atoms with Gasteiger partial charge in [0.05, 0.1) is 16.8 Å². The van der Waals surface area contributed by atoms with Crippen LogP contribution in [0.1, 0.15) is 31.9 Å². The second-order valence-electron chi connectivity index (χ2n) is 9.38. The number of benzene rings is 3. The molecule has 1 aliphatic rings. The molecular formula is C29H23Cl3N2O3. The number of rotatable bonds is 4. The Morgan fingerprint density at radius 2 is 1.65 bits per heavy atom. The van der Waals surface area contributed by atoms with Crippen LogP contribution in [0.4, 0.5) is 4.79 Å². The molecule has 8 heteroatoms. The standard InChI is InChI=1S/C29H23Cl3N2O3/c1-29(2)16-25(33-28(35)36-20-6-4-3-5-7-20)23-15-22(17-8-10-18(30)11-9-17)26(34-27(23)37-29)21-13-12-19(31)14-24(21)32/h3-15,25H,16H2,1-2H3,(H,33,35). The van der Waals surface area contributed by atoms with Crippen LogP contribution in [-0.4, -0.2) is 16.7 Å². The van der Waals surface area contributed by atoms with E-state index < -0.39 is 17.7 Å². The number of amides is 1. The molecule has 4 aromatic rings. The van der Waals surface area contributed by atoms with Gasteiger partial charge in [-0.2, -0.15) is 0 Å². The van der Waals surface area contributed by atoms with Crippen molar-refractivity contribution in [3.63, 3.8) is 0 Å². The molecule has 2 heterocycles. The van der Waals surface area contributed by atoms with Crippen molar-refractivity contribution in [2.75, 3.05) is 0 Å². The van der Waals surface area contributed by atoms with Gasteiger partial charge in [0.15, 0.2) is 0 Å². The van der Waals surface area contributed by atoms with E-state index in [0.717, 1.165) is 16.7 Å². The van der Waals surface area contributed by atoms with Crippen molar-refractivity contribution < 1.29 is 14.3 Å². The summed E-state index contributed by atoms with van der Waals surface area (Å²) >= 11 is 18.9. The van der Waals surface area contributed by atoms with Gasteiger partial charge in [-0.3, -0.25) is 0 Å². The summed E-state index contributed by atoms with van der Waals surface area (Å²) in [5, 5.41) is 4.61. The Morgan fingerprint density at radius 1 is 0.946 bits per heavy atom. The first-order valence-corrected chi connectivity index (χ1v) is 12.8. The molecule has 3 aromatic carbocycles. The summed E-state index contributed by atoms with van der Waals surface area (Å²) in [5.74, 6) is 0.874. The van der Waals surface area contributed by atoms with Crippen LogP contribution in [0.3, 0.4) is 0 Å². The number of hydrogen-bond donors (Lipinski definition) is 1. The number of halogens is 3. The molecule has 1 atom stereocenters. The Kier molecular flexibility index (Phi) is 7.04. The average molecular weight is 554 g/mol. The highest BCUT2D eigenvalue weighted by Crippen LogP contribution is 2.45. The number of carbonyl (C=O) groups excluding carboxylic acids is 1. The summed E-state index contributed by atoms with van der Waals surface area (Å²) in [7, 11) is 0. The van der Waals surface area contributed by atoms with E-state index in [1.165, 1.54) is 0 Å². The normalized spacial score (nSPS) is 15.9. The molecule has 0 aliphatic carbocycles. The summed E-state index contributed by atoms with van der Waals surface area (Å²) in [6.45, 7) is 3.91. The van der Waals surface area contributed by atoms with Crippen LogP contribution in [0.15, 0.2) is 78.9 Å². The number of pyridine rings is 1. The van der Waals surface area contributed by atoms with Crippen molar-refractivity contribution in [3.05, 3.63) is 99.5 Å². The van der Waals surface area contributed by atoms with Crippen molar-refractivity contribution in [2.45, 2.75) is 31.9 Å². The van der Waals surface area contributed by atoms with Gasteiger partial charge in [0.2, 0.25) is 5.88 Å². The molecule has 37 heavy (non-hydrogen) atoms. The summed E-state index contributed by atoms with van der Waals surface area (Å²) < 4.78 is 11.8. The number of fused-ring (bicyclic) bond motifs is 1. The molecule has 1 aliphatic heterocycles. The lowest BCUT2D eigenvalue weighted by atomic mass is 9.88. The van der Waals surface area contributed by atoms with Gasteiger partial charge in [-0.05, 0) is 67.9 Å². The second-order valence-corrected chi connectivity index (χ2v) is 10.7. The van der Waals surface area contributed by atoms with E-state index in [4.69, 9.17) is 49.3 Å². The van der Waals surface area contributed by atoms with Gasteiger partial charge in [-0.15, -0.1) is 0 Å². The molecule has 1 aromatic heterocycles. The Labute approximate surface area is 230 Å². The molecule has 1 amide bonds. The van der Waals surface area contributed by atoms with Crippen molar-refractivity contribution in [2.24, 2.45) is 0 Å². The third-order valence-corrected chi connectivity index (χ3v) is 6.85. The zero-order chi connectivity index (χ0) is 26.2. The van der Waals surface area contributed by atoms with E-state index >= 15 is 0 Å². The average Bonchev–Trinajstić information content (AvgIpc) is 2.84. The molecule has 188 valence electrons. The maximum Gasteiger partial charge on any atom is 0.413 e. The van der Waals surface area contributed by atoms with Gasteiger partial charge in [-0.1, -0.05) is 65.1 Å². The molecule has 5 rings (SSSR count). The number of nitrogens with one attached hydrogen (secondary N) is 1. The minimum absolute atomic E-state index is 0.400. The van der Waals surface area contributed by atoms with E-state index in [1.807, 2.05) is 56.3 Å². The minimum Gasteiger partial charge on any atom is -0.471 e. The van der Waals surface area contributed by atoms with Gasteiger partial charge >= 0.3 is 6.09 Å². The van der Waals surface area contributed by atoms with E-state index in [0.29, 0.717) is 44.4 Å². The predicted octanol–water partition coefficient (Wildman–Crippen LogP) is 8.77. The fraction of sp³-hybridized carbons (Fsp3) is 0.172. The Bertz CT molecular complexity index is 1460. The van der Waals surface area contributed by atoms with E-state index in [-0.39, 0.29) is 0 Å². The van der Waals surface area contributed by atoms with Crippen LogP contribution in [0.5, 0.6) is 11.6 Å². The molecule has 0 bridgehead atoms. The SMILES string of the molecule is CC1(C)CC(NC(=O)Oc2ccccc2)c2cc(-c3ccc(Cl)cc3)c(-c3ccc(Cl)cc3Cl)nc2O1. The third kappa shape index (κ3) is 5.69. The predicted molar refractivity (Wildman–Crippen MR) is 148 cm³/mol. The summed E-state index contributed by atoms with van der Waals surface area (Å²) in [5.41, 5.74) is 3.18. The molecule has 1 unspecified atom stereocenters. The monoisotopic (exact) mass is 552 g/mol. The van der Waals surface area contributed by atoms with Crippen molar-refractivity contribution in [1.82, 2.24) is 10.3 Å². The van der Waals surface area contributed by atoms with E-state index in [2.05, 4.69) is 5.32 Å². The molecule has 0 saturated carbocycles. The Hall–Kier alpha value is -3.25. The highest BCUT2D eigenvalue weighted by molar-refractivity contribution is 6.36. The maximum absolute atomic E-state index is 12.8. The van der Waals surface area contributed by atoms with Gasteiger partial charge in [0, 0.05) is 33.2 Å². The van der Waals surface area contributed by atoms with Gasteiger partial charge < -0.3 is 14.8 Å². The quantitative estimate of drug-likeness (QED) is 0.274. The van der Waals surface area contributed by atoms with Crippen LogP contribution < -0.4 is 14.8 Å². The summed E-state index contributed by atoms with van der Waals surface area (Å²) in [6, 6.07) is 23.2. The highest BCUT2D eigenvalue weighted by atomic mass is 35.5. The summed E-state index contributed by atoms with van der Waals surface area (Å²) in [4.78, 5) is 17.8. The molecule has 0 saturated heterocycles. The van der Waals surface area contributed by atoms with Crippen molar-refractivity contribution in [1.29, 1.82) is 0 Å². The molecular weight excluding hydrogens is 531 g/mol. The zero-order valence-corrected chi connectivity index (χ0v) is 22.4. The molecule has 0 spiro atoms. The first-order chi connectivity index (χ1) is 17.7. The van der Waals surface area contributed by atoms with Crippen LogP contribution in [0.2, 0.25) is 15.1 Å². The smallest absolute Gasteiger partial charge is 0.413 e. The van der Waals surface area contributed by atoms with Crippen LogP contribution in [0, 0.1) is 0 Å². The van der Waals surface area contributed by atoms with Gasteiger partial charge in [0.25, 0.3) is 0 Å². The van der Waals surface area contributed by atoms with Gasteiger partial charge in [-0.25, -0.2) is 9.78 Å². The molecule has 0 fully saturated rings. The van der Waals surface area contributed by atoms with Crippen molar-refractivity contribution >= 4 is 40.9 Å². The Balaban J connectivity index is 1.61. The number of nitrogens with zero attached hydrogens (tertiary/aromatic N) is 1. The summed E-state index contributed by atoms with van der Waals surface area (Å²) in [6.07, 6.45) is -0.0372. The molecule has 0 radical (unpaired) electrons. The number of hydrogen-bond acceptors (Lipinski definition) is 4. The van der Waals surface area contributed by atoms with Gasteiger partial charge in [0.1, 0.15) is 11.4 Å². The van der Waals surface area contributed by atoms with E-state index in [9.17, 15) is 4.79 Å². The lowest BCUT2D eigenvalue weighted by Crippen LogP contribution is -2.42. The van der Waals surface area contributed by atoms with E-state index in [1.54, 1.807) is 36.4 Å². The lowest BCUT2D eigenvalue weighted by molar-refractivity contribution is 0.0607. The van der Waals surface area contributed by atoms with Crippen LogP contribution >= 0.6 is 34.8 Å². The second kappa shape index (κ2) is 10.3. The molecule has 1 N–H and O–H groups in total. The minimum atomic E-state index is -0.590. The maximum atomic E-state index is 12.8. The van der Waals surface area contributed by atoms with Crippen LogP contribution in [0.25, 0.3) is 22.4 Å². The Morgan fingerprint density at radius 3 is 2.35 bits per heavy atom. The topological polar surface area (TPSA) is 60.5 Å². The molecule has 5 nitrogen and oxygen atoms in total. The van der Waals surface area contributed by atoms with Crippen molar-refractivity contribution in [3.8, 4) is 34.0 Å². The largest absolute Gasteiger partial charge is 0.471 e. The number of para-hydroxylation sites is 1. The number of ether oxygens (including phenoxy) is 2. The fourth-order valence-electron chi connectivity index (χ4n) is 4.38. The first kappa shape index (κ1) is 25.4. The number of aromatic nitrogens is 1. The lowest BCUT2D eigenvalue weighted by Gasteiger charge is -2.37. The highest BCUT2D eigenvalue weighted by Gasteiger charge is 2.37. The fourth-order valence-corrected chi connectivity index (χ4v) is 5.00. The van der Waals surface area contributed by atoms with Crippen LogP contribution in [-0.2, 0) is 0 Å². The first-order valence-electron chi connectivity index (χ1n) is 11.7. The third-order valence-electron chi connectivity index (χ3n) is 6.05.